The molecule has 0 heterocycles. The van der Waals surface area contributed by atoms with E-state index in [4.69, 9.17) is 9.47 Å². The van der Waals surface area contributed by atoms with Crippen molar-refractivity contribution in [2.24, 2.45) is 0 Å². The number of hydrogen-bond donors (Lipinski definition) is 1. The molecular weight excluding hydrogens is 382 g/mol. The van der Waals surface area contributed by atoms with Gasteiger partial charge in [0.1, 0.15) is 11.7 Å². The smallest absolute Gasteiger partial charge is 0.318 e. The van der Waals surface area contributed by atoms with Crippen molar-refractivity contribution in [3.05, 3.63) is 102 Å². The van der Waals surface area contributed by atoms with Crippen molar-refractivity contribution in [3.63, 3.8) is 0 Å². The average molecular weight is 403 g/mol. The van der Waals surface area contributed by atoms with E-state index < -0.39 is 30.3 Å². The number of carbonyl (C=O) groups is 3. The molecule has 0 atom stereocenters. The molecule has 6 heteroatoms. The number of amides is 2. The summed E-state index contributed by atoms with van der Waals surface area (Å²) in [5.74, 6) is -2.26. The molecule has 3 rings (SSSR count). The third-order valence-electron chi connectivity index (χ3n) is 4.45. The van der Waals surface area contributed by atoms with Crippen LogP contribution in [-0.4, -0.2) is 31.5 Å². The molecular formula is C24H21NO5. The third kappa shape index (κ3) is 5.11. The van der Waals surface area contributed by atoms with Crippen molar-refractivity contribution in [3.8, 4) is 5.75 Å². The summed E-state index contributed by atoms with van der Waals surface area (Å²) in [4.78, 5) is 37.3. The number of nitrogens with one attached hydrogen (secondary N) is 1. The molecule has 152 valence electrons. The maximum absolute atomic E-state index is 12.8. The number of rotatable bonds is 7. The lowest BCUT2D eigenvalue weighted by molar-refractivity contribution is -0.148. The van der Waals surface area contributed by atoms with E-state index >= 15 is 0 Å². The topological polar surface area (TPSA) is 81.7 Å². The summed E-state index contributed by atoms with van der Waals surface area (Å²) in [5.41, 5.74) is 1.71. The van der Waals surface area contributed by atoms with Gasteiger partial charge < -0.3 is 9.47 Å². The van der Waals surface area contributed by atoms with Crippen LogP contribution in [0.15, 0.2) is 84.9 Å². The minimum Gasteiger partial charge on any atom is -0.496 e. The molecule has 30 heavy (non-hydrogen) atoms. The molecule has 2 amide bonds. The molecule has 0 spiro atoms. The predicted octanol–water partition coefficient (Wildman–Crippen LogP) is 3.33. The van der Waals surface area contributed by atoms with Gasteiger partial charge in [-0.3, -0.25) is 19.7 Å². The second kappa shape index (κ2) is 10.0. The average Bonchev–Trinajstić information content (AvgIpc) is 2.79. The van der Waals surface area contributed by atoms with Gasteiger partial charge in [-0.2, -0.15) is 0 Å². The highest BCUT2D eigenvalue weighted by Gasteiger charge is 2.25. The highest BCUT2D eigenvalue weighted by atomic mass is 16.5. The first-order chi connectivity index (χ1) is 14.6. The lowest BCUT2D eigenvalue weighted by Gasteiger charge is -2.17. The number of carbonyl (C=O) groups excluding carboxylic acids is 3. The minimum atomic E-state index is -0.723. The fourth-order valence-corrected chi connectivity index (χ4v) is 3.04. The van der Waals surface area contributed by atoms with Crippen molar-refractivity contribution in [2.45, 2.75) is 5.92 Å². The highest BCUT2D eigenvalue weighted by Crippen LogP contribution is 2.26. The Morgan fingerprint density at radius 1 is 0.800 bits per heavy atom. The molecule has 0 saturated heterocycles. The van der Waals surface area contributed by atoms with Crippen LogP contribution >= 0.6 is 0 Å². The molecule has 3 aromatic rings. The van der Waals surface area contributed by atoms with Crippen LogP contribution in [0, 0.1) is 0 Å². The van der Waals surface area contributed by atoms with Crippen LogP contribution in [0.3, 0.4) is 0 Å². The summed E-state index contributed by atoms with van der Waals surface area (Å²) in [6, 6.07) is 24.9. The molecule has 0 aromatic heterocycles. The van der Waals surface area contributed by atoms with Crippen molar-refractivity contribution < 1.29 is 23.9 Å². The van der Waals surface area contributed by atoms with Crippen LogP contribution < -0.4 is 10.1 Å². The van der Waals surface area contributed by atoms with E-state index in [1.807, 2.05) is 60.7 Å². The van der Waals surface area contributed by atoms with E-state index in [1.54, 1.807) is 18.2 Å². The summed E-state index contributed by atoms with van der Waals surface area (Å²) < 4.78 is 10.4. The van der Waals surface area contributed by atoms with Crippen molar-refractivity contribution >= 4 is 17.8 Å². The van der Waals surface area contributed by atoms with Crippen LogP contribution in [0.2, 0.25) is 0 Å². The molecule has 0 fully saturated rings. The quantitative estimate of drug-likeness (QED) is 0.612. The fraction of sp³-hybridized carbons (Fsp3) is 0.125. The lowest BCUT2D eigenvalue weighted by Crippen LogP contribution is -2.35. The van der Waals surface area contributed by atoms with E-state index in [0.717, 1.165) is 11.1 Å². The summed E-state index contributed by atoms with van der Waals surface area (Å²) in [6.07, 6.45) is 0. The molecule has 0 saturated carbocycles. The van der Waals surface area contributed by atoms with E-state index in [1.165, 1.54) is 13.2 Å². The Morgan fingerprint density at radius 2 is 1.33 bits per heavy atom. The molecule has 6 nitrogen and oxygen atoms in total. The summed E-state index contributed by atoms with van der Waals surface area (Å²) in [6.45, 7) is -0.574. The van der Waals surface area contributed by atoms with Gasteiger partial charge in [0.05, 0.1) is 12.7 Å². The first-order valence-electron chi connectivity index (χ1n) is 9.34. The van der Waals surface area contributed by atoms with Gasteiger partial charge in [-0.25, -0.2) is 0 Å². The van der Waals surface area contributed by atoms with Crippen molar-refractivity contribution in [1.82, 2.24) is 5.32 Å². The SMILES string of the molecule is COc1ccccc1C(=O)NC(=O)COC(=O)C(c1ccccc1)c1ccccc1. The van der Waals surface area contributed by atoms with Gasteiger partial charge in [-0.1, -0.05) is 72.8 Å². The second-order valence-electron chi connectivity index (χ2n) is 6.44. The van der Waals surface area contributed by atoms with Crippen LogP contribution in [0.1, 0.15) is 27.4 Å². The molecule has 0 bridgehead atoms. The number of methoxy groups -OCH3 is 1. The number of hydrogen-bond acceptors (Lipinski definition) is 5. The van der Waals surface area contributed by atoms with Gasteiger partial charge in [0, 0.05) is 0 Å². The number of imide groups is 1. The van der Waals surface area contributed by atoms with E-state index in [-0.39, 0.29) is 5.56 Å². The van der Waals surface area contributed by atoms with Gasteiger partial charge in [-0.15, -0.1) is 0 Å². The lowest BCUT2D eigenvalue weighted by atomic mass is 9.91. The third-order valence-corrected chi connectivity index (χ3v) is 4.45. The standard InChI is InChI=1S/C24H21NO5/c1-29-20-15-9-8-14-19(20)23(27)25-21(26)16-30-24(28)22(17-10-4-2-5-11-17)18-12-6-3-7-13-18/h2-15,22H,16H2,1H3,(H,25,26,27). The Kier molecular flexibility index (Phi) is 6.95. The summed E-state index contributed by atoms with van der Waals surface area (Å²) in [7, 11) is 1.43. The van der Waals surface area contributed by atoms with Gasteiger partial charge in [0.25, 0.3) is 11.8 Å². The van der Waals surface area contributed by atoms with E-state index in [0.29, 0.717) is 5.75 Å². The van der Waals surface area contributed by atoms with Gasteiger partial charge in [0.2, 0.25) is 0 Å². The summed E-state index contributed by atoms with van der Waals surface area (Å²) >= 11 is 0. The van der Waals surface area contributed by atoms with Crippen molar-refractivity contribution in [2.75, 3.05) is 13.7 Å². The molecule has 0 radical (unpaired) electrons. The zero-order chi connectivity index (χ0) is 21.3. The maximum Gasteiger partial charge on any atom is 0.318 e. The first kappa shape index (κ1) is 20.8. The Labute approximate surface area is 174 Å². The minimum absolute atomic E-state index is 0.214. The van der Waals surface area contributed by atoms with E-state index in [9.17, 15) is 14.4 Å². The Bertz CT molecular complexity index is 979. The zero-order valence-electron chi connectivity index (χ0n) is 16.4. The molecule has 0 aliphatic heterocycles. The Balaban J connectivity index is 1.67. The van der Waals surface area contributed by atoms with Crippen LogP contribution in [0.4, 0.5) is 0 Å². The van der Waals surface area contributed by atoms with Crippen LogP contribution in [-0.2, 0) is 14.3 Å². The molecule has 0 aliphatic rings. The maximum atomic E-state index is 12.8. The normalized spacial score (nSPS) is 10.3. The number of para-hydroxylation sites is 1. The fourth-order valence-electron chi connectivity index (χ4n) is 3.04. The van der Waals surface area contributed by atoms with E-state index in [2.05, 4.69) is 5.32 Å². The first-order valence-corrected chi connectivity index (χ1v) is 9.34. The van der Waals surface area contributed by atoms with Crippen molar-refractivity contribution in [1.29, 1.82) is 0 Å². The molecule has 1 N–H and O–H groups in total. The number of esters is 1. The molecule has 3 aromatic carbocycles. The van der Waals surface area contributed by atoms with Crippen LogP contribution in [0.25, 0.3) is 0 Å². The van der Waals surface area contributed by atoms with Gasteiger partial charge in [0.15, 0.2) is 6.61 Å². The summed E-state index contributed by atoms with van der Waals surface area (Å²) in [5, 5.41) is 2.21. The monoisotopic (exact) mass is 403 g/mol. The van der Waals surface area contributed by atoms with Crippen LogP contribution in [0.5, 0.6) is 5.75 Å². The predicted molar refractivity (Wildman–Crippen MR) is 111 cm³/mol. The molecule has 0 aliphatic carbocycles. The zero-order valence-corrected chi connectivity index (χ0v) is 16.4. The molecule has 0 unspecified atom stereocenters. The highest BCUT2D eigenvalue weighted by molar-refractivity contribution is 6.06. The Morgan fingerprint density at radius 3 is 1.90 bits per heavy atom. The Hall–Kier alpha value is -3.93. The van der Waals surface area contributed by atoms with Gasteiger partial charge >= 0.3 is 5.97 Å². The number of benzene rings is 3. The number of ether oxygens (including phenoxy) is 2. The second-order valence-corrected chi connectivity index (χ2v) is 6.44. The van der Waals surface area contributed by atoms with Gasteiger partial charge in [-0.05, 0) is 23.3 Å². The largest absolute Gasteiger partial charge is 0.496 e.